The molecular formula is C25H23NO. The fourth-order valence-corrected chi connectivity index (χ4v) is 3.65. The zero-order valence-corrected chi connectivity index (χ0v) is 16.0. The van der Waals surface area contributed by atoms with E-state index in [1.807, 2.05) is 35.8 Å². The monoisotopic (exact) mass is 353 g/mol. The summed E-state index contributed by atoms with van der Waals surface area (Å²) < 4.78 is 1.91. The second-order valence-corrected chi connectivity index (χ2v) is 7.32. The maximum Gasteiger partial charge on any atom is 0.259 e. The van der Waals surface area contributed by atoms with Gasteiger partial charge in [-0.15, -0.1) is 0 Å². The van der Waals surface area contributed by atoms with E-state index in [0.717, 1.165) is 33.2 Å². The van der Waals surface area contributed by atoms with E-state index in [0.29, 0.717) is 6.54 Å². The highest BCUT2D eigenvalue weighted by atomic mass is 16.1. The van der Waals surface area contributed by atoms with Gasteiger partial charge in [-0.3, -0.25) is 4.79 Å². The third kappa shape index (κ3) is 3.31. The van der Waals surface area contributed by atoms with Crippen molar-refractivity contribution in [2.24, 2.45) is 0 Å². The molecule has 4 rings (SSSR count). The smallest absolute Gasteiger partial charge is 0.259 e. The highest BCUT2D eigenvalue weighted by Crippen LogP contribution is 2.25. The van der Waals surface area contributed by atoms with Crippen LogP contribution in [0.15, 0.2) is 77.6 Å². The molecule has 0 spiro atoms. The second-order valence-electron chi connectivity index (χ2n) is 7.32. The molecule has 0 aliphatic carbocycles. The van der Waals surface area contributed by atoms with E-state index in [4.69, 9.17) is 0 Å². The standard InChI is InChI=1S/C25H23NO/c1-17-10-12-20(13-11-17)16-26-23(21-8-4-6-18(2)14-21)15-22-9-5-7-19(3)24(22)25(26)27/h4-15H,16H2,1-3H3. The Bertz CT molecular complexity index is 1180. The van der Waals surface area contributed by atoms with Gasteiger partial charge in [0.05, 0.1) is 17.6 Å². The average molecular weight is 353 g/mol. The number of aromatic nitrogens is 1. The van der Waals surface area contributed by atoms with Gasteiger partial charge in [0.25, 0.3) is 5.56 Å². The predicted octanol–water partition coefficient (Wildman–Crippen LogP) is 5.64. The number of aryl methyl sites for hydroxylation is 3. The molecule has 1 aromatic heterocycles. The van der Waals surface area contributed by atoms with Crippen LogP contribution in [0.4, 0.5) is 0 Å². The average Bonchev–Trinajstić information content (AvgIpc) is 2.65. The summed E-state index contributed by atoms with van der Waals surface area (Å²) in [6, 6.07) is 24.9. The van der Waals surface area contributed by atoms with Gasteiger partial charge < -0.3 is 4.57 Å². The first kappa shape index (κ1) is 17.3. The molecule has 27 heavy (non-hydrogen) atoms. The summed E-state index contributed by atoms with van der Waals surface area (Å²) >= 11 is 0. The second kappa shape index (κ2) is 6.88. The summed E-state index contributed by atoms with van der Waals surface area (Å²) in [4.78, 5) is 13.5. The summed E-state index contributed by atoms with van der Waals surface area (Å²) in [5, 5.41) is 1.80. The molecule has 134 valence electrons. The number of hydrogen-bond acceptors (Lipinski definition) is 1. The van der Waals surface area contributed by atoms with Crippen LogP contribution in [-0.4, -0.2) is 4.57 Å². The minimum Gasteiger partial charge on any atom is -0.303 e. The fraction of sp³-hybridized carbons (Fsp3) is 0.160. The minimum atomic E-state index is 0.0719. The Kier molecular flexibility index (Phi) is 4.41. The molecule has 2 heteroatoms. The van der Waals surface area contributed by atoms with Crippen LogP contribution in [0.1, 0.15) is 22.3 Å². The van der Waals surface area contributed by atoms with E-state index in [9.17, 15) is 4.79 Å². The molecule has 0 unspecified atom stereocenters. The largest absolute Gasteiger partial charge is 0.303 e. The first-order valence-corrected chi connectivity index (χ1v) is 9.29. The maximum atomic E-state index is 13.5. The van der Waals surface area contributed by atoms with Crippen LogP contribution in [0.5, 0.6) is 0 Å². The molecule has 0 saturated heterocycles. The van der Waals surface area contributed by atoms with Crippen molar-refractivity contribution in [3.05, 3.63) is 105 Å². The lowest BCUT2D eigenvalue weighted by Crippen LogP contribution is -2.23. The Hall–Kier alpha value is -3.13. The Morgan fingerprint density at radius 1 is 0.778 bits per heavy atom. The van der Waals surface area contributed by atoms with E-state index in [2.05, 4.69) is 62.4 Å². The highest BCUT2D eigenvalue weighted by Gasteiger charge is 2.13. The number of fused-ring (bicyclic) bond motifs is 1. The van der Waals surface area contributed by atoms with Crippen LogP contribution >= 0.6 is 0 Å². The molecule has 0 bridgehead atoms. The third-order valence-electron chi connectivity index (χ3n) is 5.12. The van der Waals surface area contributed by atoms with Crippen molar-refractivity contribution in [3.8, 4) is 11.3 Å². The fourth-order valence-electron chi connectivity index (χ4n) is 3.65. The van der Waals surface area contributed by atoms with E-state index in [1.54, 1.807) is 0 Å². The van der Waals surface area contributed by atoms with Gasteiger partial charge in [-0.05, 0) is 55.0 Å². The first-order chi connectivity index (χ1) is 13.0. The third-order valence-corrected chi connectivity index (χ3v) is 5.12. The van der Waals surface area contributed by atoms with Crippen molar-refractivity contribution in [1.29, 1.82) is 0 Å². The van der Waals surface area contributed by atoms with Crippen molar-refractivity contribution in [2.45, 2.75) is 27.3 Å². The van der Waals surface area contributed by atoms with Crippen molar-refractivity contribution < 1.29 is 0 Å². The van der Waals surface area contributed by atoms with Gasteiger partial charge in [-0.25, -0.2) is 0 Å². The quantitative estimate of drug-likeness (QED) is 0.467. The van der Waals surface area contributed by atoms with Crippen molar-refractivity contribution >= 4 is 10.8 Å². The SMILES string of the molecule is Cc1ccc(Cn2c(-c3cccc(C)c3)cc3cccc(C)c3c2=O)cc1. The van der Waals surface area contributed by atoms with Gasteiger partial charge in [0, 0.05) is 0 Å². The number of nitrogens with zero attached hydrogens (tertiary/aromatic N) is 1. The molecule has 4 aromatic rings. The van der Waals surface area contributed by atoms with E-state index < -0.39 is 0 Å². The molecule has 0 saturated carbocycles. The predicted molar refractivity (Wildman–Crippen MR) is 113 cm³/mol. The molecule has 0 aliphatic heterocycles. The number of pyridine rings is 1. The van der Waals surface area contributed by atoms with E-state index in [1.165, 1.54) is 11.1 Å². The van der Waals surface area contributed by atoms with Crippen LogP contribution < -0.4 is 5.56 Å². The van der Waals surface area contributed by atoms with Gasteiger partial charge >= 0.3 is 0 Å². The molecule has 0 fully saturated rings. The van der Waals surface area contributed by atoms with Gasteiger partial charge in [0.1, 0.15) is 0 Å². The highest BCUT2D eigenvalue weighted by molar-refractivity contribution is 5.88. The summed E-state index contributed by atoms with van der Waals surface area (Å²) in [5.74, 6) is 0. The first-order valence-electron chi connectivity index (χ1n) is 9.29. The van der Waals surface area contributed by atoms with E-state index in [-0.39, 0.29) is 5.56 Å². The van der Waals surface area contributed by atoms with Gasteiger partial charge in [0.2, 0.25) is 0 Å². The molecule has 3 aromatic carbocycles. The maximum absolute atomic E-state index is 13.5. The van der Waals surface area contributed by atoms with Crippen molar-refractivity contribution in [1.82, 2.24) is 4.57 Å². The van der Waals surface area contributed by atoms with Crippen LogP contribution in [0, 0.1) is 20.8 Å². The Balaban J connectivity index is 1.99. The lowest BCUT2D eigenvalue weighted by molar-refractivity contribution is 0.776. The molecule has 0 aliphatic rings. The van der Waals surface area contributed by atoms with Gasteiger partial charge in [-0.2, -0.15) is 0 Å². The van der Waals surface area contributed by atoms with Crippen molar-refractivity contribution in [2.75, 3.05) is 0 Å². The molecule has 0 amide bonds. The molecule has 1 heterocycles. The van der Waals surface area contributed by atoms with Gasteiger partial charge in [-0.1, -0.05) is 71.8 Å². The topological polar surface area (TPSA) is 22.0 Å². The normalized spacial score (nSPS) is 11.1. The Morgan fingerprint density at radius 2 is 1.52 bits per heavy atom. The van der Waals surface area contributed by atoms with Crippen LogP contribution in [0.2, 0.25) is 0 Å². The summed E-state index contributed by atoms with van der Waals surface area (Å²) in [6.07, 6.45) is 0. The zero-order chi connectivity index (χ0) is 19.0. The lowest BCUT2D eigenvalue weighted by atomic mass is 10.0. The molecule has 0 atom stereocenters. The van der Waals surface area contributed by atoms with E-state index >= 15 is 0 Å². The minimum absolute atomic E-state index is 0.0719. The van der Waals surface area contributed by atoms with Crippen LogP contribution in [0.25, 0.3) is 22.0 Å². The summed E-state index contributed by atoms with van der Waals surface area (Å²) in [6.45, 7) is 6.73. The number of hydrogen-bond donors (Lipinski definition) is 0. The lowest BCUT2D eigenvalue weighted by Gasteiger charge is -2.16. The van der Waals surface area contributed by atoms with Gasteiger partial charge in [0.15, 0.2) is 0 Å². The molecule has 0 N–H and O–H groups in total. The summed E-state index contributed by atoms with van der Waals surface area (Å²) in [7, 11) is 0. The molecule has 0 radical (unpaired) electrons. The van der Waals surface area contributed by atoms with Crippen LogP contribution in [-0.2, 0) is 6.54 Å². The zero-order valence-electron chi connectivity index (χ0n) is 16.0. The molecular weight excluding hydrogens is 330 g/mol. The number of benzene rings is 3. The summed E-state index contributed by atoms with van der Waals surface area (Å²) in [5.41, 5.74) is 6.66. The Labute approximate surface area is 159 Å². The number of rotatable bonds is 3. The van der Waals surface area contributed by atoms with Crippen molar-refractivity contribution in [3.63, 3.8) is 0 Å². The van der Waals surface area contributed by atoms with Crippen LogP contribution in [0.3, 0.4) is 0 Å². The Morgan fingerprint density at radius 3 is 2.26 bits per heavy atom. The molecule has 2 nitrogen and oxygen atoms in total.